The standard InChI is InChI=1S/C22H36O/c1-15-8-11-22(3)17(14-15)4-6-18-19-7-5-16(10-13-23)21(19,2)12-9-20(18)22/h16-20,23H,1,4-14H2,2-3H3. The highest BCUT2D eigenvalue weighted by atomic mass is 16.3. The van der Waals surface area contributed by atoms with E-state index in [2.05, 4.69) is 20.4 Å². The van der Waals surface area contributed by atoms with E-state index >= 15 is 0 Å². The van der Waals surface area contributed by atoms with Crippen LogP contribution in [0.15, 0.2) is 12.2 Å². The second-order valence-electron chi connectivity index (χ2n) is 9.94. The van der Waals surface area contributed by atoms with Crippen molar-refractivity contribution in [1.82, 2.24) is 0 Å². The fourth-order valence-electron chi connectivity index (χ4n) is 7.90. The van der Waals surface area contributed by atoms with Gasteiger partial charge in [0.25, 0.3) is 0 Å². The Bertz CT molecular complexity index is 482. The predicted octanol–water partition coefficient (Wildman–Crippen LogP) is 5.58. The van der Waals surface area contributed by atoms with E-state index in [-0.39, 0.29) is 0 Å². The molecule has 4 aliphatic rings. The number of fused-ring (bicyclic) bond motifs is 5. The lowest BCUT2D eigenvalue weighted by Crippen LogP contribution is -2.52. The summed E-state index contributed by atoms with van der Waals surface area (Å²) in [6, 6.07) is 0. The summed E-state index contributed by atoms with van der Waals surface area (Å²) >= 11 is 0. The van der Waals surface area contributed by atoms with E-state index < -0.39 is 0 Å². The quantitative estimate of drug-likeness (QED) is 0.659. The largest absolute Gasteiger partial charge is 0.396 e. The highest BCUT2D eigenvalue weighted by Gasteiger charge is 2.59. The van der Waals surface area contributed by atoms with E-state index in [4.69, 9.17) is 0 Å². The molecule has 7 unspecified atom stereocenters. The van der Waals surface area contributed by atoms with E-state index in [1.54, 1.807) is 0 Å². The minimum Gasteiger partial charge on any atom is -0.396 e. The zero-order chi connectivity index (χ0) is 16.2. The molecule has 1 heteroatoms. The number of hydrogen-bond acceptors (Lipinski definition) is 1. The second-order valence-corrected chi connectivity index (χ2v) is 9.94. The van der Waals surface area contributed by atoms with Crippen LogP contribution >= 0.6 is 0 Å². The van der Waals surface area contributed by atoms with Crippen LogP contribution in [-0.4, -0.2) is 11.7 Å². The number of hydrogen-bond donors (Lipinski definition) is 1. The fraction of sp³-hybridized carbons (Fsp3) is 0.909. The lowest BCUT2D eigenvalue weighted by atomic mass is 9.44. The summed E-state index contributed by atoms with van der Waals surface area (Å²) in [6.45, 7) is 9.93. The van der Waals surface area contributed by atoms with Crippen LogP contribution in [0.1, 0.15) is 78.1 Å². The van der Waals surface area contributed by atoms with Crippen molar-refractivity contribution >= 4 is 0 Å². The van der Waals surface area contributed by atoms with E-state index in [1.165, 1.54) is 63.4 Å². The number of rotatable bonds is 2. The van der Waals surface area contributed by atoms with Crippen molar-refractivity contribution in [2.24, 2.45) is 40.4 Å². The molecule has 0 aromatic heterocycles. The van der Waals surface area contributed by atoms with Gasteiger partial charge in [-0.3, -0.25) is 0 Å². The van der Waals surface area contributed by atoms with Gasteiger partial charge in [-0.1, -0.05) is 26.0 Å². The van der Waals surface area contributed by atoms with Gasteiger partial charge in [0.1, 0.15) is 0 Å². The molecule has 0 aromatic rings. The van der Waals surface area contributed by atoms with Crippen molar-refractivity contribution in [2.45, 2.75) is 78.1 Å². The number of aliphatic hydroxyl groups excluding tert-OH is 1. The Morgan fingerprint density at radius 1 is 1.00 bits per heavy atom. The topological polar surface area (TPSA) is 20.2 Å². The van der Waals surface area contributed by atoms with Gasteiger partial charge >= 0.3 is 0 Å². The lowest BCUT2D eigenvalue weighted by Gasteiger charge is -2.60. The van der Waals surface area contributed by atoms with Gasteiger partial charge in [0.2, 0.25) is 0 Å². The summed E-state index contributed by atoms with van der Waals surface area (Å²) in [4.78, 5) is 0. The fourth-order valence-corrected chi connectivity index (χ4v) is 7.90. The molecule has 4 aliphatic carbocycles. The minimum atomic E-state index is 0.392. The monoisotopic (exact) mass is 316 g/mol. The molecular formula is C22H36O. The maximum atomic E-state index is 9.48. The van der Waals surface area contributed by atoms with Crippen molar-refractivity contribution < 1.29 is 5.11 Å². The first kappa shape index (κ1) is 16.2. The Morgan fingerprint density at radius 3 is 2.57 bits per heavy atom. The molecule has 4 rings (SSSR count). The Kier molecular flexibility index (Phi) is 3.95. The molecule has 0 saturated heterocycles. The molecule has 0 radical (unpaired) electrons. The van der Waals surface area contributed by atoms with E-state index in [0.717, 1.165) is 36.0 Å². The first-order valence-electron chi connectivity index (χ1n) is 10.3. The van der Waals surface area contributed by atoms with Crippen LogP contribution in [0.2, 0.25) is 0 Å². The van der Waals surface area contributed by atoms with Gasteiger partial charge in [-0.25, -0.2) is 0 Å². The van der Waals surface area contributed by atoms with Gasteiger partial charge < -0.3 is 5.11 Å². The predicted molar refractivity (Wildman–Crippen MR) is 96.1 cm³/mol. The van der Waals surface area contributed by atoms with Gasteiger partial charge in [-0.05, 0) is 105 Å². The van der Waals surface area contributed by atoms with Crippen LogP contribution in [-0.2, 0) is 0 Å². The molecule has 0 aliphatic heterocycles. The highest BCUT2D eigenvalue weighted by Crippen LogP contribution is 2.67. The summed E-state index contributed by atoms with van der Waals surface area (Å²) in [5.74, 6) is 4.60. The normalized spacial score (nSPS) is 52.7. The van der Waals surface area contributed by atoms with Crippen LogP contribution in [0.25, 0.3) is 0 Å². The van der Waals surface area contributed by atoms with Crippen molar-refractivity contribution in [2.75, 3.05) is 6.61 Å². The Hall–Kier alpha value is -0.300. The maximum absolute atomic E-state index is 9.48. The summed E-state index contributed by atoms with van der Waals surface area (Å²) in [7, 11) is 0. The minimum absolute atomic E-state index is 0.392. The molecule has 1 N–H and O–H groups in total. The molecule has 130 valence electrons. The molecule has 0 aromatic carbocycles. The molecule has 0 amide bonds. The maximum Gasteiger partial charge on any atom is 0.0433 e. The Balaban J connectivity index is 1.59. The average Bonchev–Trinajstić information content (AvgIpc) is 2.85. The zero-order valence-electron chi connectivity index (χ0n) is 15.3. The van der Waals surface area contributed by atoms with Gasteiger partial charge in [-0.15, -0.1) is 0 Å². The van der Waals surface area contributed by atoms with Crippen molar-refractivity contribution in [3.05, 3.63) is 12.2 Å². The van der Waals surface area contributed by atoms with Crippen LogP contribution in [0.3, 0.4) is 0 Å². The van der Waals surface area contributed by atoms with Crippen LogP contribution in [0.5, 0.6) is 0 Å². The Morgan fingerprint density at radius 2 is 1.78 bits per heavy atom. The molecule has 0 spiro atoms. The molecule has 7 atom stereocenters. The molecule has 23 heavy (non-hydrogen) atoms. The van der Waals surface area contributed by atoms with Crippen LogP contribution < -0.4 is 0 Å². The van der Waals surface area contributed by atoms with E-state index in [9.17, 15) is 5.11 Å². The van der Waals surface area contributed by atoms with Gasteiger partial charge in [-0.2, -0.15) is 0 Å². The highest BCUT2D eigenvalue weighted by molar-refractivity contribution is 5.13. The summed E-state index contributed by atoms with van der Waals surface area (Å²) < 4.78 is 0. The molecule has 4 saturated carbocycles. The summed E-state index contributed by atoms with van der Waals surface area (Å²) in [5, 5.41) is 9.48. The molecule has 1 nitrogen and oxygen atoms in total. The number of allylic oxidation sites excluding steroid dienone is 1. The Labute approximate surface area is 142 Å². The zero-order valence-corrected chi connectivity index (χ0v) is 15.3. The van der Waals surface area contributed by atoms with E-state index in [1.807, 2.05) is 0 Å². The smallest absolute Gasteiger partial charge is 0.0433 e. The van der Waals surface area contributed by atoms with Crippen molar-refractivity contribution in [3.63, 3.8) is 0 Å². The number of aliphatic hydroxyl groups is 1. The lowest BCUT2D eigenvalue weighted by molar-refractivity contribution is -0.106. The van der Waals surface area contributed by atoms with E-state index in [0.29, 0.717) is 17.4 Å². The second kappa shape index (κ2) is 5.61. The average molecular weight is 317 g/mol. The van der Waals surface area contributed by atoms with Crippen LogP contribution in [0.4, 0.5) is 0 Å². The SMILES string of the molecule is C=C1CCC2(C)C(CCC3C4CCC(CCO)C4(C)CCC32)C1. The molecule has 4 fully saturated rings. The first-order chi connectivity index (χ1) is 11.0. The van der Waals surface area contributed by atoms with Gasteiger partial charge in [0, 0.05) is 6.61 Å². The molecule has 0 heterocycles. The summed E-state index contributed by atoms with van der Waals surface area (Å²) in [6.07, 6.45) is 13.7. The first-order valence-corrected chi connectivity index (χ1v) is 10.3. The summed E-state index contributed by atoms with van der Waals surface area (Å²) in [5.41, 5.74) is 2.65. The van der Waals surface area contributed by atoms with Crippen molar-refractivity contribution in [1.29, 1.82) is 0 Å². The molecular weight excluding hydrogens is 280 g/mol. The third-order valence-corrected chi connectivity index (χ3v) is 9.29. The third-order valence-electron chi connectivity index (χ3n) is 9.29. The van der Waals surface area contributed by atoms with Gasteiger partial charge in [0.05, 0.1) is 0 Å². The van der Waals surface area contributed by atoms with Crippen LogP contribution in [0, 0.1) is 40.4 Å². The molecule has 0 bridgehead atoms. The third kappa shape index (κ3) is 2.29. The van der Waals surface area contributed by atoms with Crippen molar-refractivity contribution in [3.8, 4) is 0 Å². The van der Waals surface area contributed by atoms with Gasteiger partial charge in [0.15, 0.2) is 0 Å².